The van der Waals surface area contributed by atoms with Gasteiger partial charge >= 0.3 is 0 Å². The number of halogens is 1. The predicted molar refractivity (Wildman–Crippen MR) is 112 cm³/mol. The van der Waals surface area contributed by atoms with E-state index in [0.717, 1.165) is 45.2 Å². The first kappa shape index (κ1) is 25.2. The summed E-state index contributed by atoms with van der Waals surface area (Å²) >= 11 is 0. The van der Waals surface area contributed by atoms with Crippen LogP contribution in [0.2, 0.25) is 0 Å². The van der Waals surface area contributed by atoms with E-state index in [1.54, 1.807) is 0 Å². The molecule has 0 bridgehead atoms. The van der Waals surface area contributed by atoms with Crippen molar-refractivity contribution in [3.8, 4) is 0 Å². The molecule has 1 atom stereocenters. The Bertz CT molecular complexity index is 284. The van der Waals surface area contributed by atoms with Gasteiger partial charge in [0.1, 0.15) is 0 Å². The van der Waals surface area contributed by atoms with Crippen LogP contribution in [-0.2, 0) is 4.74 Å². The Kier molecular flexibility index (Phi) is 18.3. The van der Waals surface area contributed by atoms with Crippen LogP contribution in [0.3, 0.4) is 0 Å². The average molecular weight is 442 g/mol. The summed E-state index contributed by atoms with van der Waals surface area (Å²) in [4.78, 5) is 6.73. The summed E-state index contributed by atoms with van der Waals surface area (Å²) in [5.74, 6) is 1.45. The Morgan fingerprint density at radius 1 is 1.17 bits per heavy atom. The van der Waals surface area contributed by atoms with Crippen molar-refractivity contribution >= 4 is 29.9 Å². The van der Waals surface area contributed by atoms with Gasteiger partial charge in [0.15, 0.2) is 5.96 Å². The van der Waals surface area contributed by atoms with Crippen molar-refractivity contribution in [2.75, 3.05) is 46.4 Å². The molecule has 0 amide bonds. The number of nitrogens with one attached hydrogen (secondary N) is 2. The van der Waals surface area contributed by atoms with Crippen molar-refractivity contribution in [1.29, 1.82) is 0 Å². The maximum Gasteiger partial charge on any atom is 0.191 e. The molecule has 0 aliphatic carbocycles. The molecule has 0 fully saturated rings. The van der Waals surface area contributed by atoms with E-state index in [0.29, 0.717) is 12.0 Å². The fourth-order valence-electron chi connectivity index (χ4n) is 2.22. The molecular formula is C17H39IN4O. The largest absolute Gasteiger partial charge is 0.379 e. The second kappa shape index (κ2) is 16.8. The quantitative estimate of drug-likeness (QED) is 0.211. The normalized spacial score (nSPS) is 13.1. The second-order valence-corrected chi connectivity index (χ2v) is 6.18. The van der Waals surface area contributed by atoms with Gasteiger partial charge in [-0.2, -0.15) is 0 Å². The molecular weight excluding hydrogens is 403 g/mol. The average Bonchev–Trinajstić information content (AvgIpc) is 2.49. The zero-order chi connectivity index (χ0) is 16.8. The first-order chi connectivity index (χ1) is 10.5. The van der Waals surface area contributed by atoms with Gasteiger partial charge in [-0.25, -0.2) is 0 Å². The molecule has 0 heterocycles. The zero-order valence-corrected chi connectivity index (χ0v) is 18.4. The van der Waals surface area contributed by atoms with Crippen molar-refractivity contribution in [2.24, 2.45) is 10.9 Å². The molecule has 0 aromatic carbocycles. The lowest BCUT2D eigenvalue weighted by molar-refractivity contribution is 0.114. The minimum absolute atomic E-state index is 0. The Hall–Kier alpha value is -0.0800. The SMILES string of the molecule is CCN(CC)CCCC(C)NC(=NC)NCCOCC(C)C.I. The van der Waals surface area contributed by atoms with Crippen LogP contribution < -0.4 is 10.6 Å². The van der Waals surface area contributed by atoms with Gasteiger partial charge in [-0.05, 0) is 45.3 Å². The number of guanidine groups is 1. The second-order valence-electron chi connectivity index (χ2n) is 6.18. The molecule has 140 valence electrons. The first-order valence-corrected chi connectivity index (χ1v) is 8.80. The lowest BCUT2D eigenvalue weighted by atomic mass is 10.2. The number of ether oxygens (including phenoxy) is 1. The maximum absolute atomic E-state index is 5.56. The lowest BCUT2D eigenvalue weighted by Crippen LogP contribution is -2.43. The van der Waals surface area contributed by atoms with Crippen molar-refractivity contribution in [3.05, 3.63) is 0 Å². The number of hydrogen-bond acceptors (Lipinski definition) is 3. The van der Waals surface area contributed by atoms with Crippen LogP contribution in [0.25, 0.3) is 0 Å². The van der Waals surface area contributed by atoms with Crippen molar-refractivity contribution in [1.82, 2.24) is 15.5 Å². The highest BCUT2D eigenvalue weighted by atomic mass is 127. The van der Waals surface area contributed by atoms with Crippen LogP contribution in [0, 0.1) is 5.92 Å². The van der Waals surface area contributed by atoms with E-state index >= 15 is 0 Å². The summed E-state index contributed by atoms with van der Waals surface area (Å²) in [6.45, 7) is 16.7. The molecule has 0 aromatic rings. The minimum atomic E-state index is 0. The van der Waals surface area contributed by atoms with E-state index in [1.807, 2.05) is 7.05 Å². The standard InChI is InChI=1S/C17H38N4O.HI/c1-7-21(8-2)12-9-10-16(5)20-17(18-6)19-11-13-22-14-15(3)4;/h15-16H,7-14H2,1-6H3,(H2,18,19,20);1H. The van der Waals surface area contributed by atoms with Gasteiger partial charge in [0, 0.05) is 26.2 Å². The Balaban J connectivity index is 0. The fraction of sp³-hybridized carbons (Fsp3) is 0.941. The minimum Gasteiger partial charge on any atom is -0.379 e. The van der Waals surface area contributed by atoms with Crippen LogP contribution in [-0.4, -0.2) is 63.3 Å². The molecule has 0 rings (SSSR count). The smallest absolute Gasteiger partial charge is 0.191 e. The summed E-state index contributed by atoms with van der Waals surface area (Å²) in [7, 11) is 1.81. The predicted octanol–water partition coefficient (Wildman–Crippen LogP) is 2.95. The van der Waals surface area contributed by atoms with Gasteiger partial charge in [0.25, 0.3) is 0 Å². The summed E-state index contributed by atoms with van der Waals surface area (Å²) in [5, 5.41) is 6.74. The molecule has 23 heavy (non-hydrogen) atoms. The molecule has 6 heteroatoms. The number of aliphatic imine (C=N–C) groups is 1. The molecule has 0 aliphatic rings. The number of hydrogen-bond donors (Lipinski definition) is 2. The maximum atomic E-state index is 5.56. The monoisotopic (exact) mass is 442 g/mol. The van der Waals surface area contributed by atoms with Gasteiger partial charge in [-0.15, -0.1) is 24.0 Å². The Morgan fingerprint density at radius 3 is 2.35 bits per heavy atom. The van der Waals surface area contributed by atoms with Crippen molar-refractivity contribution < 1.29 is 4.74 Å². The first-order valence-electron chi connectivity index (χ1n) is 8.80. The van der Waals surface area contributed by atoms with Crippen molar-refractivity contribution in [2.45, 2.75) is 53.5 Å². The Labute approximate surface area is 161 Å². The number of rotatable bonds is 12. The van der Waals surface area contributed by atoms with Crippen LogP contribution >= 0.6 is 24.0 Å². The molecule has 0 aliphatic heterocycles. The molecule has 0 spiro atoms. The molecule has 5 nitrogen and oxygen atoms in total. The van der Waals surface area contributed by atoms with Gasteiger partial charge in [0.2, 0.25) is 0 Å². The van der Waals surface area contributed by atoms with E-state index in [9.17, 15) is 0 Å². The summed E-state index contributed by atoms with van der Waals surface area (Å²) < 4.78 is 5.56. The van der Waals surface area contributed by atoms with Crippen LogP contribution in [0.15, 0.2) is 4.99 Å². The summed E-state index contributed by atoms with van der Waals surface area (Å²) in [6.07, 6.45) is 2.37. The molecule has 0 aromatic heterocycles. The lowest BCUT2D eigenvalue weighted by Gasteiger charge is -2.21. The summed E-state index contributed by atoms with van der Waals surface area (Å²) in [5.41, 5.74) is 0. The molecule has 1 unspecified atom stereocenters. The third-order valence-corrected chi connectivity index (χ3v) is 3.60. The van der Waals surface area contributed by atoms with Crippen LogP contribution in [0.1, 0.15) is 47.5 Å². The fourth-order valence-corrected chi connectivity index (χ4v) is 2.22. The van der Waals surface area contributed by atoms with Crippen molar-refractivity contribution in [3.63, 3.8) is 0 Å². The third-order valence-electron chi connectivity index (χ3n) is 3.60. The summed E-state index contributed by atoms with van der Waals surface area (Å²) in [6, 6.07) is 0.429. The van der Waals surface area contributed by atoms with Gasteiger partial charge in [-0.3, -0.25) is 4.99 Å². The molecule has 2 N–H and O–H groups in total. The number of nitrogens with zero attached hydrogens (tertiary/aromatic N) is 2. The highest BCUT2D eigenvalue weighted by Gasteiger charge is 2.06. The van der Waals surface area contributed by atoms with Gasteiger partial charge < -0.3 is 20.3 Å². The zero-order valence-electron chi connectivity index (χ0n) is 16.0. The Morgan fingerprint density at radius 2 is 1.83 bits per heavy atom. The van der Waals surface area contributed by atoms with E-state index in [1.165, 1.54) is 13.0 Å². The van der Waals surface area contributed by atoms with E-state index in [4.69, 9.17) is 4.74 Å². The van der Waals surface area contributed by atoms with Crippen LogP contribution in [0.4, 0.5) is 0 Å². The van der Waals surface area contributed by atoms with E-state index < -0.39 is 0 Å². The van der Waals surface area contributed by atoms with E-state index in [2.05, 4.69) is 55.1 Å². The third kappa shape index (κ3) is 15.2. The highest BCUT2D eigenvalue weighted by Crippen LogP contribution is 1.99. The molecule has 0 radical (unpaired) electrons. The topological polar surface area (TPSA) is 48.9 Å². The van der Waals surface area contributed by atoms with Gasteiger partial charge in [-0.1, -0.05) is 27.7 Å². The van der Waals surface area contributed by atoms with Crippen LogP contribution in [0.5, 0.6) is 0 Å². The molecule has 0 saturated carbocycles. The highest BCUT2D eigenvalue weighted by molar-refractivity contribution is 14.0. The van der Waals surface area contributed by atoms with Gasteiger partial charge in [0.05, 0.1) is 6.61 Å². The van der Waals surface area contributed by atoms with E-state index in [-0.39, 0.29) is 24.0 Å². The molecule has 0 saturated heterocycles.